The molecule has 0 unspecified atom stereocenters. The van der Waals surface area contributed by atoms with Gasteiger partial charge in [0.2, 0.25) is 5.91 Å². The first-order chi connectivity index (χ1) is 16.8. The highest BCUT2D eigenvalue weighted by Gasteiger charge is 2.25. The average molecular weight is 480 g/mol. The molecule has 10 heteroatoms. The van der Waals surface area contributed by atoms with E-state index in [0.29, 0.717) is 36.8 Å². The van der Waals surface area contributed by atoms with Gasteiger partial charge in [-0.2, -0.15) is 0 Å². The zero-order valence-electron chi connectivity index (χ0n) is 20.2. The molecule has 1 N–H and O–H groups in total. The first-order valence-corrected chi connectivity index (χ1v) is 11.7. The maximum Gasteiger partial charge on any atom is 0.332 e. The number of nitrogens with one attached hydrogen (secondary N) is 1. The summed E-state index contributed by atoms with van der Waals surface area (Å²) >= 11 is 0. The first-order valence-electron chi connectivity index (χ1n) is 11.7. The van der Waals surface area contributed by atoms with E-state index >= 15 is 0 Å². The van der Waals surface area contributed by atoms with Crippen molar-refractivity contribution >= 4 is 28.5 Å². The SMILES string of the molecule is CCOc1ccccc1NC(=O)Cn1c(=O)c2c(C(=O)N3CCCCC3)cc(C)nc2n(C)c1=O. The summed E-state index contributed by atoms with van der Waals surface area (Å²) in [6.07, 6.45) is 2.86. The number of piperidine rings is 1. The van der Waals surface area contributed by atoms with E-state index < -0.39 is 23.7 Å². The predicted molar refractivity (Wildman–Crippen MR) is 132 cm³/mol. The maximum atomic E-state index is 13.5. The van der Waals surface area contributed by atoms with Crippen LogP contribution in [0.5, 0.6) is 5.75 Å². The summed E-state index contributed by atoms with van der Waals surface area (Å²) in [5, 5.41) is 2.74. The number of pyridine rings is 1. The van der Waals surface area contributed by atoms with Crippen LogP contribution in [0, 0.1) is 6.92 Å². The van der Waals surface area contributed by atoms with Crippen LogP contribution in [0.25, 0.3) is 11.0 Å². The Kier molecular flexibility index (Phi) is 6.99. The number of ether oxygens (including phenoxy) is 1. The number of hydrogen-bond donors (Lipinski definition) is 1. The molecular formula is C25H29N5O5. The minimum atomic E-state index is -0.718. The average Bonchev–Trinajstić information content (AvgIpc) is 2.86. The summed E-state index contributed by atoms with van der Waals surface area (Å²) in [6, 6.07) is 8.49. The van der Waals surface area contributed by atoms with Crippen molar-refractivity contribution in [3.8, 4) is 5.75 Å². The highest BCUT2D eigenvalue weighted by molar-refractivity contribution is 6.05. The summed E-state index contributed by atoms with van der Waals surface area (Å²) in [4.78, 5) is 58.8. The molecule has 1 aliphatic heterocycles. The second-order valence-corrected chi connectivity index (χ2v) is 8.57. The van der Waals surface area contributed by atoms with Crippen LogP contribution < -0.4 is 21.3 Å². The van der Waals surface area contributed by atoms with Crippen LogP contribution in [0.15, 0.2) is 39.9 Å². The maximum absolute atomic E-state index is 13.5. The quantitative estimate of drug-likeness (QED) is 0.579. The van der Waals surface area contributed by atoms with Gasteiger partial charge in [0.15, 0.2) is 0 Å². The van der Waals surface area contributed by atoms with Crippen molar-refractivity contribution in [2.45, 2.75) is 39.7 Å². The van der Waals surface area contributed by atoms with Gasteiger partial charge < -0.3 is 15.0 Å². The van der Waals surface area contributed by atoms with E-state index in [-0.39, 0.29) is 22.5 Å². The van der Waals surface area contributed by atoms with Gasteiger partial charge >= 0.3 is 5.69 Å². The lowest BCUT2D eigenvalue weighted by molar-refractivity contribution is -0.116. The number of para-hydroxylation sites is 2. The number of benzene rings is 1. The molecule has 3 heterocycles. The van der Waals surface area contributed by atoms with Crippen molar-refractivity contribution in [3.63, 3.8) is 0 Å². The number of hydrogen-bond acceptors (Lipinski definition) is 6. The van der Waals surface area contributed by atoms with Crippen LogP contribution in [-0.4, -0.2) is 50.5 Å². The third kappa shape index (κ3) is 4.82. The molecule has 2 amide bonds. The highest BCUT2D eigenvalue weighted by Crippen LogP contribution is 2.23. The fraction of sp³-hybridized carbons (Fsp3) is 0.400. The monoisotopic (exact) mass is 479 g/mol. The van der Waals surface area contributed by atoms with Crippen LogP contribution in [-0.2, 0) is 18.4 Å². The largest absolute Gasteiger partial charge is 0.492 e. The van der Waals surface area contributed by atoms with Gasteiger partial charge in [0.1, 0.15) is 17.9 Å². The van der Waals surface area contributed by atoms with Gasteiger partial charge in [-0.05, 0) is 51.3 Å². The minimum absolute atomic E-state index is 0.0378. The van der Waals surface area contributed by atoms with E-state index in [1.165, 1.54) is 11.6 Å². The Morgan fingerprint density at radius 3 is 2.54 bits per heavy atom. The second kappa shape index (κ2) is 10.1. The molecule has 184 valence electrons. The fourth-order valence-electron chi connectivity index (χ4n) is 4.36. The number of amides is 2. The van der Waals surface area contributed by atoms with E-state index in [0.717, 1.165) is 23.8 Å². The molecule has 1 aromatic carbocycles. The van der Waals surface area contributed by atoms with E-state index in [1.807, 2.05) is 6.92 Å². The first kappa shape index (κ1) is 24.2. The summed E-state index contributed by atoms with van der Waals surface area (Å²) < 4.78 is 7.57. The Morgan fingerprint density at radius 2 is 1.83 bits per heavy atom. The molecule has 1 fully saturated rings. The van der Waals surface area contributed by atoms with Crippen molar-refractivity contribution in [3.05, 3.63) is 62.4 Å². The molecule has 0 saturated carbocycles. The van der Waals surface area contributed by atoms with Crippen molar-refractivity contribution in [1.82, 2.24) is 19.0 Å². The van der Waals surface area contributed by atoms with Crippen LogP contribution in [0.2, 0.25) is 0 Å². The van der Waals surface area contributed by atoms with Gasteiger partial charge in [0.25, 0.3) is 11.5 Å². The molecule has 1 saturated heterocycles. The molecule has 10 nitrogen and oxygen atoms in total. The number of rotatable bonds is 6. The number of anilines is 1. The molecule has 0 spiro atoms. The third-order valence-corrected chi connectivity index (χ3v) is 6.06. The number of aryl methyl sites for hydroxylation is 2. The van der Waals surface area contributed by atoms with Crippen molar-refractivity contribution in [2.75, 3.05) is 25.0 Å². The Bertz CT molecular complexity index is 1400. The van der Waals surface area contributed by atoms with Gasteiger partial charge in [-0.25, -0.2) is 9.78 Å². The Hall–Kier alpha value is -3.95. The minimum Gasteiger partial charge on any atom is -0.492 e. The van der Waals surface area contributed by atoms with Gasteiger partial charge in [0, 0.05) is 25.8 Å². The number of carbonyl (C=O) groups excluding carboxylic acids is 2. The normalized spacial score (nSPS) is 13.6. The Balaban J connectivity index is 1.76. The molecule has 3 aromatic rings. The number of nitrogens with zero attached hydrogens (tertiary/aromatic N) is 4. The lowest BCUT2D eigenvalue weighted by Crippen LogP contribution is -2.43. The van der Waals surface area contributed by atoms with Crippen LogP contribution in [0.1, 0.15) is 42.2 Å². The summed E-state index contributed by atoms with van der Waals surface area (Å²) in [6.45, 7) is 4.67. The van der Waals surface area contributed by atoms with Crippen LogP contribution in [0.4, 0.5) is 5.69 Å². The number of likely N-dealkylation sites (tertiary alicyclic amines) is 1. The molecule has 0 atom stereocenters. The zero-order chi connectivity index (χ0) is 25.1. The zero-order valence-corrected chi connectivity index (χ0v) is 20.2. The van der Waals surface area contributed by atoms with Crippen LogP contribution in [0.3, 0.4) is 0 Å². The summed E-state index contributed by atoms with van der Waals surface area (Å²) in [5.41, 5.74) is -0.127. The van der Waals surface area contributed by atoms with Crippen molar-refractivity contribution in [2.24, 2.45) is 7.05 Å². The second-order valence-electron chi connectivity index (χ2n) is 8.57. The van der Waals surface area contributed by atoms with E-state index in [1.54, 1.807) is 42.2 Å². The van der Waals surface area contributed by atoms with E-state index in [4.69, 9.17) is 4.74 Å². The highest BCUT2D eigenvalue weighted by atomic mass is 16.5. The predicted octanol–water partition coefficient (Wildman–Crippen LogP) is 2.07. The molecule has 4 rings (SSSR count). The molecule has 35 heavy (non-hydrogen) atoms. The number of fused-ring (bicyclic) bond motifs is 1. The third-order valence-electron chi connectivity index (χ3n) is 6.06. The standard InChI is InChI=1S/C25H29N5O5/c1-4-35-19-11-7-6-10-18(19)27-20(31)15-30-24(33)21-17(23(32)29-12-8-5-9-13-29)14-16(2)26-22(21)28(3)25(30)34/h6-7,10-11,14H,4-5,8-9,12-13,15H2,1-3H3,(H,27,31). The summed E-state index contributed by atoms with van der Waals surface area (Å²) in [7, 11) is 1.48. The van der Waals surface area contributed by atoms with E-state index in [2.05, 4.69) is 10.3 Å². The van der Waals surface area contributed by atoms with Gasteiger partial charge in [-0.3, -0.25) is 23.5 Å². The number of carbonyl (C=O) groups is 2. The lowest BCUT2D eigenvalue weighted by Gasteiger charge is -2.27. The molecule has 0 radical (unpaired) electrons. The van der Waals surface area contributed by atoms with Gasteiger partial charge in [-0.1, -0.05) is 12.1 Å². The van der Waals surface area contributed by atoms with Crippen molar-refractivity contribution < 1.29 is 14.3 Å². The van der Waals surface area contributed by atoms with Crippen molar-refractivity contribution in [1.29, 1.82) is 0 Å². The number of aromatic nitrogens is 3. The lowest BCUT2D eigenvalue weighted by atomic mass is 10.1. The van der Waals surface area contributed by atoms with Gasteiger partial charge in [0.05, 0.1) is 23.2 Å². The Morgan fingerprint density at radius 1 is 1.11 bits per heavy atom. The molecule has 0 aliphatic carbocycles. The molecular weight excluding hydrogens is 450 g/mol. The van der Waals surface area contributed by atoms with E-state index in [9.17, 15) is 19.2 Å². The summed E-state index contributed by atoms with van der Waals surface area (Å²) in [5.74, 6) is -0.353. The fourth-order valence-corrected chi connectivity index (χ4v) is 4.36. The topological polar surface area (TPSA) is 116 Å². The molecule has 2 aromatic heterocycles. The molecule has 1 aliphatic rings. The smallest absolute Gasteiger partial charge is 0.332 e. The van der Waals surface area contributed by atoms with Gasteiger partial charge in [-0.15, -0.1) is 0 Å². The molecule has 0 bridgehead atoms. The van der Waals surface area contributed by atoms with Crippen LogP contribution >= 0.6 is 0 Å². The Labute approximate surface area is 202 Å².